The molecular weight excluding hydrogens is 144 g/mol. The van der Waals surface area contributed by atoms with E-state index in [0.29, 0.717) is 12.3 Å². The van der Waals surface area contributed by atoms with Gasteiger partial charge in [0, 0.05) is 0 Å². The van der Waals surface area contributed by atoms with Gasteiger partial charge in [-0.1, -0.05) is 6.92 Å². The molecule has 60 valence electrons. The standard InChI is InChI=1S/C8H10O3/c1-5-2-8(3-5)4-6(9)11-7(8)10/h5H,2-4H2,1H3. The number of hydrogen-bond acceptors (Lipinski definition) is 3. The minimum atomic E-state index is -0.392. The Morgan fingerprint density at radius 3 is 2.45 bits per heavy atom. The van der Waals surface area contributed by atoms with Crippen molar-refractivity contribution in [3.05, 3.63) is 0 Å². The maximum atomic E-state index is 11.1. The van der Waals surface area contributed by atoms with Gasteiger partial charge in [-0.2, -0.15) is 0 Å². The van der Waals surface area contributed by atoms with Crippen molar-refractivity contribution in [3.63, 3.8) is 0 Å². The smallest absolute Gasteiger partial charge is 0.320 e. The molecule has 11 heavy (non-hydrogen) atoms. The van der Waals surface area contributed by atoms with E-state index in [-0.39, 0.29) is 11.9 Å². The molecule has 2 aliphatic rings. The summed E-state index contributed by atoms with van der Waals surface area (Å²) in [5.41, 5.74) is -0.392. The summed E-state index contributed by atoms with van der Waals surface area (Å²) in [4.78, 5) is 21.8. The van der Waals surface area contributed by atoms with Gasteiger partial charge in [-0.3, -0.25) is 9.59 Å². The van der Waals surface area contributed by atoms with Crippen molar-refractivity contribution in [1.29, 1.82) is 0 Å². The second kappa shape index (κ2) is 1.84. The first-order valence-corrected chi connectivity index (χ1v) is 3.87. The second-order valence-corrected chi connectivity index (χ2v) is 3.73. The van der Waals surface area contributed by atoms with Crippen molar-refractivity contribution in [2.24, 2.45) is 11.3 Å². The Bertz CT molecular complexity index is 225. The number of carbonyl (C=O) groups excluding carboxylic acids is 2. The van der Waals surface area contributed by atoms with Gasteiger partial charge in [-0.05, 0) is 18.8 Å². The molecule has 0 aromatic carbocycles. The quantitative estimate of drug-likeness (QED) is 0.384. The average molecular weight is 154 g/mol. The van der Waals surface area contributed by atoms with Crippen LogP contribution in [-0.2, 0) is 14.3 Å². The molecule has 0 atom stereocenters. The zero-order chi connectivity index (χ0) is 8.06. The molecule has 3 heteroatoms. The summed E-state index contributed by atoms with van der Waals surface area (Å²) in [5.74, 6) is -0.0593. The topological polar surface area (TPSA) is 43.4 Å². The molecule has 3 nitrogen and oxygen atoms in total. The van der Waals surface area contributed by atoms with Crippen LogP contribution in [0.2, 0.25) is 0 Å². The molecule has 2 rings (SSSR count). The summed E-state index contributed by atoms with van der Waals surface area (Å²) in [6.07, 6.45) is 1.98. The molecule has 0 bridgehead atoms. The first-order chi connectivity index (χ1) is 5.12. The lowest BCUT2D eigenvalue weighted by Gasteiger charge is -2.38. The average Bonchev–Trinajstić information content (AvgIpc) is 2.06. The Hall–Kier alpha value is -0.860. The molecule has 0 aromatic rings. The highest BCUT2D eigenvalue weighted by Crippen LogP contribution is 2.51. The van der Waals surface area contributed by atoms with Crippen LogP contribution < -0.4 is 0 Å². The van der Waals surface area contributed by atoms with Gasteiger partial charge in [0.1, 0.15) is 0 Å². The van der Waals surface area contributed by atoms with E-state index >= 15 is 0 Å². The fourth-order valence-electron chi connectivity index (χ4n) is 2.18. The van der Waals surface area contributed by atoms with Gasteiger partial charge in [-0.15, -0.1) is 0 Å². The van der Waals surface area contributed by atoms with Gasteiger partial charge >= 0.3 is 11.9 Å². The third-order valence-electron chi connectivity index (χ3n) is 2.60. The van der Waals surface area contributed by atoms with Crippen LogP contribution in [0.4, 0.5) is 0 Å². The lowest BCUT2D eigenvalue weighted by atomic mass is 9.62. The molecule has 1 saturated heterocycles. The first kappa shape index (κ1) is 6.83. The number of hydrogen-bond donors (Lipinski definition) is 0. The van der Waals surface area contributed by atoms with Crippen LogP contribution in [0.5, 0.6) is 0 Å². The van der Waals surface area contributed by atoms with Crippen molar-refractivity contribution < 1.29 is 14.3 Å². The van der Waals surface area contributed by atoms with Crippen molar-refractivity contribution >= 4 is 11.9 Å². The van der Waals surface area contributed by atoms with Crippen molar-refractivity contribution in [3.8, 4) is 0 Å². The van der Waals surface area contributed by atoms with E-state index in [1.54, 1.807) is 0 Å². The van der Waals surface area contributed by atoms with Gasteiger partial charge in [0.05, 0.1) is 11.8 Å². The van der Waals surface area contributed by atoms with Crippen LogP contribution in [0.15, 0.2) is 0 Å². The molecule has 1 aliphatic carbocycles. The van der Waals surface area contributed by atoms with Crippen LogP contribution in [0.3, 0.4) is 0 Å². The van der Waals surface area contributed by atoms with Crippen molar-refractivity contribution in [1.82, 2.24) is 0 Å². The van der Waals surface area contributed by atoms with E-state index in [1.165, 1.54) is 0 Å². The molecule has 0 unspecified atom stereocenters. The summed E-state index contributed by atoms with van der Waals surface area (Å²) in [5, 5.41) is 0. The lowest BCUT2D eigenvalue weighted by Crippen LogP contribution is -2.39. The summed E-state index contributed by atoms with van der Waals surface area (Å²) < 4.78 is 4.49. The van der Waals surface area contributed by atoms with Gasteiger partial charge < -0.3 is 4.74 Å². The molecule has 1 saturated carbocycles. The van der Waals surface area contributed by atoms with Crippen LogP contribution >= 0.6 is 0 Å². The van der Waals surface area contributed by atoms with E-state index in [9.17, 15) is 9.59 Å². The van der Waals surface area contributed by atoms with E-state index in [2.05, 4.69) is 11.7 Å². The lowest BCUT2D eigenvalue weighted by molar-refractivity contribution is -0.158. The molecule has 1 heterocycles. The summed E-state index contributed by atoms with van der Waals surface area (Å²) >= 11 is 0. The SMILES string of the molecule is CC1CC2(CC(=O)OC2=O)C1. The fourth-order valence-corrected chi connectivity index (χ4v) is 2.18. The molecule has 0 aromatic heterocycles. The Morgan fingerprint density at radius 2 is 2.09 bits per heavy atom. The molecular formula is C8H10O3. The Labute approximate surface area is 64.7 Å². The maximum Gasteiger partial charge on any atom is 0.320 e. The van der Waals surface area contributed by atoms with Gasteiger partial charge in [-0.25, -0.2) is 0 Å². The zero-order valence-corrected chi connectivity index (χ0v) is 6.42. The minimum Gasteiger partial charge on any atom is -0.393 e. The molecule has 1 spiro atoms. The Morgan fingerprint density at radius 1 is 1.45 bits per heavy atom. The highest BCUT2D eigenvalue weighted by Gasteiger charge is 2.55. The normalized spacial score (nSPS) is 42.5. The summed E-state index contributed by atoms with van der Waals surface area (Å²) in [7, 11) is 0. The number of rotatable bonds is 0. The summed E-state index contributed by atoms with van der Waals surface area (Å²) in [6.45, 7) is 2.08. The minimum absolute atomic E-state index is 0.291. The highest BCUT2D eigenvalue weighted by molar-refractivity contribution is 5.98. The molecule has 0 radical (unpaired) electrons. The second-order valence-electron chi connectivity index (χ2n) is 3.73. The summed E-state index contributed by atoms with van der Waals surface area (Å²) in [6, 6.07) is 0. The molecule has 0 amide bonds. The third kappa shape index (κ3) is 0.800. The number of cyclic esters (lactones) is 2. The number of carbonyl (C=O) groups is 2. The Balaban J connectivity index is 2.16. The van der Waals surface area contributed by atoms with Gasteiger partial charge in [0.15, 0.2) is 0 Å². The van der Waals surface area contributed by atoms with Gasteiger partial charge in [0.25, 0.3) is 0 Å². The zero-order valence-electron chi connectivity index (χ0n) is 6.42. The largest absolute Gasteiger partial charge is 0.393 e. The Kier molecular flexibility index (Phi) is 1.14. The van der Waals surface area contributed by atoms with Crippen molar-refractivity contribution in [2.75, 3.05) is 0 Å². The van der Waals surface area contributed by atoms with Crippen LogP contribution in [0.25, 0.3) is 0 Å². The molecule has 2 fully saturated rings. The first-order valence-electron chi connectivity index (χ1n) is 3.87. The van der Waals surface area contributed by atoms with E-state index < -0.39 is 5.41 Å². The van der Waals surface area contributed by atoms with Gasteiger partial charge in [0.2, 0.25) is 0 Å². The highest BCUT2D eigenvalue weighted by atomic mass is 16.6. The molecule has 1 aliphatic heterocycles. The predicted molar refractivity (Wildman–Crippen MR) is 36.5 cm³/mol. The maximum absolute atomic E-state index is 11.1. The van der Waals surface area contributed by atoms with Crippen LogP contribution in [0, 0.1) is 11.3 Å². The number of ether oxygens (including phenoxy) is 1. The van der Waals surface area contributed by atoms with Crippen LogP contribution in [-0.4, -0.2) is 11.9 Å². The van der Waals surface area contributed by atoms with Crippen LogP contribution in [0.1, 0.15) is 26.2 Å². The van der Waals surface area contributed by atoms with E-state index in [4.69, 9.17) is 0 Å². The fraction of sp³-hybridized carbons (Fsp3) is 0.750. The molecule has 0 N–H and O–H groups in total. The predicted octanol–water partition coefficient (Wildman–Crippen LogP) is 0.876. The number of esters is 2. The third-order valence-corrected chi connectivity index (χ3v) is 2.60. The monoisotopic (exact) mass is 154 g/mol. The van der Waals surface area contributed by atoms with Crippen molar-refractivity contribution in [2.45, 2.75) is 26.2 Å². The van der Waals surface area contributed by atoms with E-state index in [0.717, 1.165) is 12.8 Å². The van der Waals surface area contributed by atoms with E-state index in [1.807, 2.05) is 0 Å².